The van der Waals surface area contributed by atoms with Gasteiger partial charge in [-0.05, 0) is 59.1 Å². The zero-order valence-electron chi connectivity index (χ0n) is 9.63. The monoisotopic (exact) mass is 329 g/mol. The number of halogens is 2. The van der Waals surface area contributed by atoms with Crippen LogP contribution in [0.2, 0.25) is 5.02 Å². The van der Waals surface area contributed by atoms with E-state index >= 15 is 0 Å². The Balaban J connectivity index is 2.40. The first-order valence-electron chi connectivity index (χ1n) is 5.26. The Kier molecular flexibility index (Phi) is 3.93. The molecule has 0 fully saturated rings. The average Bonchev–Trinajstić information content (AvgIpc) is 2.61. The maximum absolute atomic E-state index is 6.28. The number of aryl methyl sites for hydroxylation is 2. The van der Waals surface area contributed by atoms with E-state index in [1.54, 1.807) is 11.3 Å². The van der Waals surface area contributed by atoms with Crippen molar-refractivity contribution in [1.82, 2.24) is 0 Å². The molecule has 17 heavy (non-hydrogen) atoms. The lowest BCUT2D eigenvalue weighted by molar-refractivity contribution is 0.868. The number of hydrogen-bond acceptors (Lipinski definition) is 2. The summed E-state index contributed by atoms with van der Waals surface area (Å²) in [5, 5.41) is 0.697. The first kappa shape index (κ1) is 13.1. The molecule has 0 spiro atoms. The van der Waals surface area contributed by atoms with Crippen molar-refractivity contribution < 1.29 is 0 Å². The second-order valence-corrected chi connectivity index (χ2v) is 6.74. The zero-order valence-corrected chi connectivity index (χ0v) is 12.8. The summed E-state index contributed by atoms with van der Waals surface area (Å²) < 4.78 is 0.897. The number of hydrogen-bond donors (Lipinski definition) is 1. The predicted octanol–water partition coefficient (Wildman–Crippen LogP) is 4.83. The number of benzene rings is 1. The van der Waals surface area contributed by atoms with Gasteiger partial charge in [0, 0.05) is 14.2 Å². The lowest BCUT2D eigenvalue weighted by Gasteiger charge is -2.12. The van der Waals surface area contributed by atoms with E-state index in [9.17, 15) is 0 Å². The average molecular weight is 331 g/mol. The lowest BCUT2D eigenvalue weighted by Crippen LogP contribution is -2.11. The molecular formula is C13H13BrClNS. The molecule has 1 unspecified atom stereocenters. The van der Waals surface area contributed by atoms with Crippen molar-refractivity contribution in [1.29, 1.82) is 0 Å². The van der Waals surface area contributed by atoms with Crippen LogP contribution < -0.4 is 5.73 Å². The van der Waals surface area contributed by atoms with Crippen LogP contribution in [0.1, 0.15) is 26.9 Å². The lowest BCUT2D eigenvalue weighted by atomic mass is 10.0. The van der Waals surface area contributed by atoms with Gasteiger partial charge >= 0.3 is 0 Å². The molecule has 1 aromatic heterocycles. The van der Waals surface area contributed by atoms with Crippen molar-refractivity contribution in [2.75, 3.05) is 0 Å². The highest BCUT2D eigenvalue weighted by molar-refractivity contribution is 9.10. The summed E-state index contributed by atoms with van der Waals surface area (Å²) in [5.74, 6) is 0. The molecule has 1 atom stereocenters. The fourth-order valence-corrected chi connectivity index (χ4v) is 3.25. The molecule has 1 heterocycles. The van der Waals surface area contributed by atoms with Gasteiger partial charge < -0.3 is 5.73 Å². The van der Waals surface area contributed by atoms with Crippen molar-refractivity contribution in [3.05, 3.63) is 54.6 Å². The third-order valence-corrected chi connectivity index (χ3v) is 4.93. The molecule has 4 heteroatoms. The van der Waals surface area contributed by atoms with Gasteiger partial charge in [0.2, 0.25) is 0 Å². The minimum atomic E-state index is -0.106. The van der Waals surface area contributed by atoms with E-state index in [-0.39, 0.29) is 6.04 Å². The summed E-state index contributed by atoms with van der Waals surface area (Å²) in [5.41, 5.74) is 8.51. The summed E-state index contributed by atoms with van der Waals surface area (Å²) in [6, 6.07) is 7.91. The van der Waals surface area contributed by atoms with Crippen LogP contribution in [-0.2, 0) is 0 Å². The number of rotatable bonds is 2. The Hall–Kier alpha value is -0.350. The van der Waals surface area contributed by atoms with Crippen LogP contribution in [0.4, 0.5) is 0 Å². The molecule has 90 valence electrons. The van der Waals surface area contributed by atoms with E-state index in [0.29, 0.717) is 5.02 Å². The van der Waals surface area contributed by atoms with Gasteiger partial charge in [0.05, 0.1) is 11.1 Å². The zero-order chi connectivity index (χ0) is 12.6. The topological polar surface area (TPSA) is 26.0 Å². The van der Waals surface area contributed by atoms with Crippen molar-refractivity contribution in [3.63, 3.8) is 0 Å². The first-order chi connectivity index (χ1) is 7.99. The Morgan fingerprint density at radius 3 is 2.53 bits per heavy atom. The van der Waals surface area contributed by atoms with Gasteiger partial charge in [-0.15, -0.1) is 11.3 Å². The number of thiophene rings is 1. The highest BCUT2D eigenvalue weighted by Gasteiger charge is 2.14. The highest BCUT2D eigenvalue weighted by Crippen LogP contribution is 2.32. The molecule has 0 aliphatic rings. The molecule has 2 N–H and O–H groups in total. The fraction of sp³-hybridized carbons (Fsp3) is 0.231. The van der Waals surface area contributed by atoms with Gasteiger partial charge in [0.25, 0.3) is 0 Å². The van der Waals surface area contributed by atoms with Crippen LogP contribution in [0.3, 0.4) is 0 Å². The Morgan fingerprint density at radius 2 is 2.00 bits per heavy atom. The van der Waals surface area contributed by atoms with Crippen LogP contribution in [0.5, 0.6) is 0 Å². The minimum absolute atomic E-state index is 0.106. The molecule has 0 aliphatic carbocycles. The molecule has 0 saturated carbocycles. The van der Waals surface area contributed by atoms with Crippen molar-refractivity contribution in [2.45, 2.75) is 19.9 Å². The van der Waals surface area contributed by atoms with E-state index < -0.39 is 0 Å². The molecule has 1 nitrogen and oxygen atoms in total. The van der Waals surface area contributed by atoms with Crippen LogP contribution in [-0.4, -0.2) is 0 Å². The van der Waals surface area contributed by atoms with E-state index in [1.807, 2.05) is 18.2 Å². The molecule has 2 aromatic rings. The van der Waals surface area contributed by atoms with Crippen LogP contribution in [0.15, 0.2) is 28.7 Å². The first-order valence-corrected chi connectivity index (χ1v) is 7.25. The van der Waals surface area contributed by atoms with Gasteiger partial charge in [-0.3, -0.25) is 0 Å². The van der Waals surface area contributed by atoms with Gasteiger partial charge in [0.15, 0.2) is 0 Å². The summed E-state index contributed by atoms with van der Waals surface area (Å²) in [6.45, 7) is 4.20. The maximum Gasteiger partial charge on any atom is 0.0563 e. The predicted molar refractivity (Wildman–Crippen MR) is 79.0 cm³/mol. The van der Waals surface area contributed by atoms with Crippen molar-refractivity contribution >= 4 is 38.9 Å². The van der Waals surface area contributed by atoms with E-state index in [1.165, 1.54) is 15.3 Å². The van der Waals surface area contributed by atoms with E-state index in [4.69, 9.17) is 17.3 Å². The quantitative estimate of drug-likeness (QED) is 0.838. The molecule has 0 saturated heterocycles. The highest BCUT2D eigenvalue weighted by atomic mass is 79.9. The molecular weight excluding hydrogens is 318 g/mol. The smallest absolute Gasteiger partial charge is 0.0563 e. The normalized spacial score (nSPS) is 12.8. The SMILES string of the molecule is Cc1cc(C(N)c2ccc(Br)c(Cl)c2)c(C)s1. The standard InChI is InChI=1S/C13H13BrClNS/c1-7-5-10(8(2)17-7)13(16)9-3-4-11(14)12(15)6-9/h3-6,13H,16H2,1-2H3. The molecule has 0 bridgehead atoms. The second-order valence-electron chi connectivity index (χ2n) is 4.02. The fourth-order valence-electron chi connectivity index (χ4n) is 1.84. The molecule has 1 aromatic carbocycles. The Bertz CT molecular complexity index is 550. The maximum atomic E-state index is 6.28. The van der Waals surface area contributed by atoms with Gasteiger partial charge in [-0.2, -0.15) is 0 Å². The summed E-state index contributed by atoms with van der Waals surface area (Å²) in [4.78, 5) is 2.56. The third-order valence-electron chi connectivity index (χ3n) is 2.72. The van der Waals surface area contributed by atoms with Crippen LogP contribution in [0.25, 0.3) is 0 Å². The van der Waals surface area contributed by atoms with Gasteiger partial charge in [-0.1, -0.05) is 17.7 Å². The third kappa shape index (κ3) is 2.74. The van der Waals surface area contributed by atoms with Crippen LogP contribution >= 0.6 is 38.9 Å². The Morgan fingerprint density at radius 1 is 1.29 bits per heavy atom. The van der Waals surface area contributed by atoms with E-state index in [0.717, 1.165) is 10.0 Å². The van der Waals surface area contributed by atoms with Gasteiger partial charge in [0.1, 0.15) is 0 Å². The van der Waals surface area contributed by atoms with Gasteiger partial charge in [-0.25, -0.2) is 0 Å². The molecule has 2 rings (SSSR count). The summed E-state index contributed by atoms with van der Waals surface area (Å²) >= 11 is 11.3. The van der Waals surface area contributed by atoms with Crippen molar-refractivity contribution in [2.24, 2.45) is 5.73 Å². The van der Waals surface area contributed by atoms with Crippen molar-refractivity contribution in [3.8, 4) is 0 Å². The Labute approximate surface area is 119 Å². The molecule has 0 aliphatic heterocycles. The van der Waals surface area contributed by atoms with E-state index in [2.05, 4.69) is 35.8 Å². The summed E-state index contributed by atoms with van der Waals surface area (Å²) in [7, 11) is 0. The second kappa shape index (κ2) is 5.11. The molecule has 0 amide bonds. The van der Waals surface area contributed by atoms with Crippen LogP contribution in [0, 0.1) is 13.8 Å². The largest absolute Gasteiger partial charge is 0.320 e. The summed E-state index contributed by atoms with van der Waals surface area (Å²) in [6.07, 6.45) is 0. The number of nitrogens with two attached hydrogens (primary N) is 1. The minimum Gasteiger partial charge on any atom is -0.320 e. The molecule has 0 radical (unpaired) electrons.